The molecule has 3 aliphatic rings. The Balaban J connectivity index is 1.82. The van der Waals surface area contributed by atoms with E-state index in [0.717, 1.165) is 13.2 Å². The molecule has 1 saturated heterocycles. The molecule has 0 radical (unpaired) electrons. The second kappa shape index (κ2) is 4.35. The van der Waals surface area contributed by atoms with Crippen LogP contribution in [-0.4, -0.2) is 18.9 Å². The Morgan fingerprint density at radius 3 is 2.78 bits per heavy atom. The Labute approximate surface area is 111 Å². The highest BCUT2D eigenvalue weighted by molar-refractivity contribution is 5.27. The van der Waals surface area contributed by atoms with Gasteiger partial charge in [-0.05, 0) is 50.9 Å². The zero-order valence-corrected chi connectivity index (χ0v) is 12.1. The summed E-state index contributed by atoms with van der Waals surface area (Å²) in [5.41, 5.74) is 3.92. The van der Waals surface area contributed by atoms with E-state index in [4.69, 9.17) is 4.74 Å². The van der Waals surface area contributed by atoms with E-state index >= 15 is 0 Å². The summed E-state index contributed by atoms with van der Waals surface area (Å²) in [5, 5.41) is 3.58. The average Bonchev–Trinajstić information content (AvgIpc) is 2.77. The van der Waals surface area contributed by atoms with Crippen LogP contribution in [0.15, 0.2) is 11.1 Å². The fraction of sp³-hybridized carbons (Fsp3) is 0.875. The van der Waals surface area contributed by atoms with Gasteiger partial charge in [-0.3, -0.25) is 5.32 Å². The summed E-state index contributed by atoms with van der Waals surface area (Å²) >= 11 is 0. The maximum atomic E-state index is 5.99. The first kappa shape index (κ1) is 12.7. The lowest BCUT2D eigenvalue weighted by molar-refractivity contribution is -0.0494. The molecule has 18 heavy (non-hydrogen) atoms. The van der Waals surface area contributed by atoms with Gasteiger partial charge in [0, 0.05) is 12.5 Å². The molecule has 2 heteroatoms. The van der Waals surface area contributed by atoms with Crippen LogP contribution in [0.1, 0.15) is 59.3 Å². The zero-order chi connectivity index (χ0) is 12.8. The monoisotopic (exact) mass is 249 g/mol. The van der Waals surface area contributed by atoms with Gasteiger partial charge in [-0.1, -0.05) is 25.0 Å². The number of rotatable bonds is 1. The van der Waals surface area contributed by atoms with Crippen LogP contribution in [0.5, 0.6) is 0 Å². The first-order valence-electron chi connectivity index (χ1n) is 7.62. The van der Waals surface area contributed by atoms with Gasteiger partial charge in [0.05, 0.1) is 6.61 Å². The second-order valence-corrected chi connectivity index (χ2v) is 7.14. The van der Waals surface area contributed by atoms with Gasteiger partial charge < -0.3 is 4.74 Å². The van der Waals surface area contributed by atoms with Crippen LogP contribution in [0.4, 0.5) is 0 Å². The molecule has 2 aliphatic carbocycles. The Morgan fingerprint density at radius 2 is 2.06 bits per heavy atom. The molecule has 0 bridgehead atoms. The molecule has 3 rings (SSSR count). The van der Waals surface area contributed by atoms with Crippen molar-refractivity contribution in [2.24, 2.45) is 11.3 Å². The quantitative estimate of drug-likeness (QED) is 0.717. The van der Waals surface area contributed by atoms with Crippen molar-refractivity contribution in [2.45, 2.75) is 65.0 Å². The predicted octanol–water partition coefficient (Wildman–Crippen LogP) is 3.63. The van der Waals surface area contributed by atoms with Crippen molar-refractivity contribution in [1.82, 2.24) is 5.32 Å². The van der Waals surface area contributed by atoms with E-state index in [9.17, 15) is 0 Å². The van der Waals surface area contributed by atoms with Crippen LogP contribution >= 0.6 is 0 Å². The smallest absolute Gasteiger partial charge is 0.119 e. The van der Waals surface area contributed by atoms with Crippen molar-refractivity contribution in [3.8, 4) is 0 Å². The molecule has 2 unspecified atom stereocenters. The molecule has 1 heterocycles. The zero-order valence-electron chi connectivity index (χ0n) is 12.1. The molecule has 102 valence electrons. The molecule has 1 aliphatic heterocycles. The van der Waals surface area contributed by atoms with E-state index < -0.39 is 0 Å². The van der Waals surface area contributed by atoms with Crippen LogP contribution in [0, 0.1) is 11.3 Å². The van der Waals surface area contributed by atoms with Crippen molar-refractivity contribution in [2.75, 3.05) is 13.2 Å². The normalized spacial score (nSPS) is 39.8. The lowest BCUT2D eigenvalue weighted by Crippen LogP contribution is -2.47. The third-order valence-electron chi connectivity index (χ3n) is 5.53. The lowest BCUT2D eigenvalue weighted by atomic mass is 9.64. The summed E-state index contributed by atoms with van der Waals surface area (Å²) in [6.07, 6.45) is 7.98. The van der Waals surface area contributed by atoms with Crippen LogP contribution < -0.4 is 5.32 Å². The van der Waals surface area contributed by atoms with Crippen molar-refractivity contribution in [3.63, 3.8) is 0 Å². The van der Waals surface area contributed by atoms with E-state index in [-0.39, 0.29) is 5.72 Å². The molecule has 1 N–H and O–H groups in total. The lowest BCUT2D eigenvalue weighted by Gasteiger charge is -2.44. The van der Waals surface area contributed by atoms with Gasteiger partial charge in [0.2, 0.25) is 0 Å². The van der Waals surface area contributed by atoms with Gasteiger partial charge in [0.25, 0.3) is 0 Å². The first-order chi connectivity index (χ1) is 8.51. The van der Waals surface area contributed by atoms with E-state index in [1.807, 2.05) is 0 Å². The number of nitrogens with one attached hydrogen (secondary N) is 1. The van der Waals surface area contributed by atoms with E-state index in [0.29, 0.717) is 11.3 Å². The molecule has 2 atom stereocenters. The highest BCUT2D eigenvalue weighted by Gasteiger charge is 2.43. The number of ether oxygens (including phenoxy) is 1. The average molecular weight is 249 g/mol. The Hall–Kier alpha value is -0.340. The van der Waals surface area contributed by atoms with Gasteiger partial charge >= 0.3 is 0 Å². The number of hydrogen-bond acceptors (Lipinski definition) is 2. The molecule has 0 spiro atoms. The minimum absolute atomic E-state index is 0.0634. The van der Waals surface area contributed by atoms with Gasteiger partial charge in [-0.15, -0.1) is 0 Å². The summed E-state index contributed by atoms with van der Waals surface area (Å²) < 4.78 is 5.99. The van der Waals surface area contributed by atoms with Crippen LogP contribution in [0.2, 0.25) is 0 Å². The maximum absolute atomic E-state index is 5.99. The highest BCUT2D eigenvalue weighted by Crippen LogP contribution is 2.50. The van der Waals surface area contributed by atoms with Gasteiger partial charge in [-0.25, -0.2) is 0 Å². The molecule has 1 fully saturated rings. The second-order valence-electron chi connectivity index (χ2n) is 7.14. The Kier molecular flexibility index (Phi) is 3.06. The van der Waals surface area contributed by atoms with E-state index in [1.165, 1.54) is 38.5 Å². The number of hydrogen-bond donors (Lipinski definition) is 1. The summed E-state index contributed by atoms with van der Waals surface area (Å²) in [7, 11) is 0. The minimum atomic E-state index is -0.0634. The largest absolute Gasteiger partial charge is 0.359 e. The molecule has 0 aromatic carbocycles. The minimum Gasteiger partial charge on any atom is -0.359 e. The van der Waals surface area contributed by atoms with Crippen LogP contribution in [0.25, 0.3) is 0 Å². The molecule has 0 saturated carbocycles. The Bertz CT molecular complexity index is 363. The third-order valence-corrected chi connectivity index (χ3v) is 5.53. The SMILES string of the molecule is CC1(C)CCCC2=C1CC(C1(C)NCCO1)CC2. The molecule has 0 aromatic heterocycles. The van der Waals surface area contributed by atoms with Crippen molar-refractivity contribution in [1.29, 1.82) is 0 Å². The highest BCUT2D eigenvalue weighted by atomic mass is 16.5. The van der Waals surface area contributed by atoms with Crippen molar-refractivity contribution in [3.05, 3.63) is 11.1 Å². The van der Waals surface area contributed by atoms with Crippen LogP contribution in [-0.2, 0) is 4.74 Å². The summed E-state index contributed by atoms with van der Waals surface area (Å²) in [5.74, 6) is 0.663. The van der Waals surface area contributed by atoms with Crippen LogP contribution in [0.3, 0.4) is 0 Å². The van der Waals surface area contributed by atoms with E-state index in [1.54, 1.807) is 11.1 Å². The maximum Gasteiger partial charge on any atom is 0.119 e. The standard InChI is InChI=1S/C16H27NO/c1-15(2)8-4-5-12-6-7-13(11-14(12)15)16(3)17-9-10-18-16/h13,17H,4-11H2,1-3H3. The number of allylic oxidation sites excluding steroid dienone is 2. The fourth-order valence-corrected chi connectivity index (χ4v) is 4.26. The van der Waals surface area contributed by atoms with Crippen molar-refractivity contribution >= 4 is 0 Å². The molecular weight excluding hydrogens is 222 g/mol. The summed E-state index contributed by atoms with van der Waals surface area (Å²) in [4.78, 5) is 0. The van der Waals surface area contributed by atoms with E-state index in [2.05, 4.69) is 26.1 Å². The molecular formula is C16H27NO. The molecule has 2 nitrogen and oxygen atoms in total. The van der Waals surface area contributed by atoms with Gasteiger partial charge in [0.15, 0.2) is 0 Å². The van der Waals surface area contributed by atoms with Gasteiger partial charge in [0.1, 0.15) is 5.72 Å². The Morgan fingerprint density at radius 1 is 1.22 bits per heavy atom. The third kappa shape index (κ3) is 2.04. The molecule has 0 aromatic rings. The predicted molar refractivity (Wildman–Crippen MR) is 74.4 cm³/mol. The molecule has 0 amide bonds. The van der Waals surface area contributed by atoms with Gasteiger partial charge in [-0.2, -0.15) is 0 Å². The van der Waals surface area contributed by atoms with Crippen molar-refractivity contribution < 1.29 is 4.74 Å². The topological polar surface area (TPSA) is 21.3 Å². The first-order valence-corrected chi connectivity index (χ1v) is 7.62. The fourth-order valence-electron chi connectivity index (χ4n) is 4.26. The summed E-state index contributed by atoms with van der Waals surface area (Å²) in [6, 6.07) is 0. The summed E-state index contributed by atoms with van der Waals surface area (Å²) in [6.45, 7) is 9.03.